The summed E-state index contributed by atoms with van der Waals surface area (Å²) in [5, 5.41) is 11.7. The molecule has 0 atom stereocenters. The van der Waals surface area contributed by atoms with Gasteiger partial charge in [-0.1, -0.05) is 5.21 Å². The third-order valence-electron chi connectivity index (χ3n) is 2.85. The molecule has 0 unspecified atom stereocenters. The minimum absolute atomic E-state index is 0.0879. The van der Waals surface area contributed by atoms with Gasteiger partial charge < -0.3 is 9.88 Å². The molecule has 0 bridgehead atoms. The molecular formula is C13H22N6. The summed E-state index contributed by atoms with van der Waals surface area (Å²) >= 11 is 0. The predicted molar refractivity (Wildman–Crippen MR) is 73.6 cm³/mol. The van der Waals surface area contributed by atoms with Crippen LogP contribution in [-0.2, 0) is 19.6 Å². The van der Waals surface area contributed by atoms with Crippen LogP contribution in [0.2, 0.25) is 0 Å². The normalized spacial score (nSPS) is 12.0. The standard InChI is InChI=1S/C13H22N6/c1-5-18-10-14-7-12(18)9-19-8-11(16-17-19)6-15-13(2,3)4/h7-8,10,15H,5-6,9H2,1-4H3. The average Bonchev–Trinajstić information content (AvgIpc) is 2.95. The van der Waals surface area contributed by atoms with Crippen molar-refractivity contribution in [3.63, 3.8) is 0 Å². The van der Waals surface area contributed by atoms with E-state index < -0.39 is 0 Å². The van der Waals surface area contributed by atoms with Crippen LogP contribution in [0.1, 0.15) is 39.1 Å². The van der Waals surface area contributed by atoms with E-state index in [4.69, 9.17) is 0 Å². The molecule has 6 nitrogen and oxygen atoms in total. The number of aromatic nitrogens is 5. The van der Waals surface area contributed by atoms with Crippen LogP contribution in [0.4, 0.5) is 0 Å². The highest BCUT2D eigenvalue weighted by Gasteiger charge is 2.10. The van der Waals surface area contributed by atoms with E-state index in [-0.39, 0.29) is 5.54 Å². The van der Waals surface area contributed by atoms with Crippen molar-refractivity contribution in [1.29, 1.82) is 0 Å². The largest absolute Gasteiger partial charge is 0.333 e. The summed E-state index contributed by atoms with van der Waals surface area (Å²) in [7, 11) is 0. The molecule has 0 amide bonds. The van der Waals surface area contributed by atoms with Gasteiger partial charge in [-0.15, -0.1) is 5.10 Å². The second kappa shape index (κ2) is 5.52. The Labute approximate surface area is 113 Å². The van der Waals surface area contributed by atoms with Gasteiger partial charge in [0.25, 0.3) is 0 Å². The van der Waals surface area contributed by atoms with Crippen molar-refractivity contribution >= 4 is 0 Å². The number of hydrogen-bond donors (Lipinski definition) is 1. The summed E-state index contributed by atoms with van der Waals surface area (Å²) in [5.74, 6) is 0. The lowest BCUT2D eigenvalue weighted by Gasteiger charge is -2.19. The highest BCUT2D eigenvalue weighted by Crippen LogP contribution is 2.04. The minimum atomic E-state index is 0.0879. The lowest BCUT2D eigenvalue weighted by atomic mass is 10.1. The van der Waals surface area contributed by atoms with Gasteiger partial charge in [-0.2, -0.15) is 0 Å². The van der Waals surface area contributed by atoms with Crippen LogP contribution in [0.15, 0.2) is 18.7 Å². The van der Waals surface area contributed by atoms with Gasteiger partial charge in [0.1, 0.15) is 0 Å². The van der Waals surface area contributed by atoms with Gasteiger partial charge in [0.2, 0.25) is 0 Å². The highest BCUT2D eigenvalue weighted by molar-refractivity contribution is 5.01. The number of hydrogen-bond acceptors (Lipinski definition) is 4. The lowest BCUT2D eigenvalue weighted by molar-refractivity contribution is 0.421. The fourth-order valence-corrected chi connectivity index (χ4v) is 1.78. The minimum Gasteiger partial charge on any atom is -0.333 e. The van der Waals surface area contributed by atoms with Gasteiger partial charge in [0.05, 0.1) is 36.7 Å². The summed E-state index contributed by atoms with van der Waals surface area (Å²) in [5.41, 5.74) is 2.19. The fourth-order valence-electron chi connectivity index (χ4n) is 1.78. The molecule has 2 rings (SSSR count). The van der Waals surface area contributed by atoms with Crippen molar-refractivity contribution in [3.8, 4) is 0 Å². The average molecular weight is 262 g/mol. The summed E-state index contributed by atoms with van der Waals surface area (Å²) < 4.78 is 3.96. The first-order valence-corrected chi connectivity index (χ1v) is 6.61. The van der Waals surface area contributed by atoms with E-state index in [1.165, 1.54) is 0 Å². The summed E-state index contributed by atoms with van der Waals surface area (Å²) in [6.07, 6.45) is 5.69. The van der Waals surface area contributed by atoms with Crippen LogP contribution in [0.3, 0.4) is 0 Å². The lowest BCUT2D eigenvalue weighted by Crippen LogP contribution is -2.35. The van der Waals surface area contributed by atoms with Gasteiger partial charge >= 0.3 is 0 Å². The SMILES string of the molecule is CCn1cncc1Cn1cc(CNC(C)(C)C)nn1. The molecule has 0 spiro atoms. The highest BCUT2D eigenvalue weighted by atomic mass is 15.4. The maximum absolute atomic E-state index is 4.18. The Hall–Kier alpha value is -1.69. The molecule has 0 saturated carbocycles. The number of aryl methyl sites for hydroxylation is 1. The number of imidazole rings is 1. The Balaban J connectivity index is 1.98. The molecule has 0 aliphatic carbocycles. The molecule has 0 aliphatic heterocycles. The molecule has 0 aromatic carbocycles. The third kappa shape index (κ3) is 3.89. The van der Waals surface area contributed by atoms with Crippen LogP contribution >= 0.6 is 0 Å². The quantitative estimate of drug-likeness (QED) is 0.885. The van der Waals surface area contributed by atoms with Crippen LogP contribution in [0, 0.1) is 0 Å². The molecule has 0 fully saturated rings. The van der Waals surface area contributed by atoms with E-state index in [0.29, 0.717) is 6.54 Å². The van der Waals surface area contributed by atoms with Crippen molar-refractivity contribution in [2.24, 2.45) is 0 Å². The Kier molecular flexibility index (Phi) is 3.99. The van der Waals surface area contributed by atoms with Gasteiger partial charge in [-0.25, -0.2) is 9.67 Å². The molecule has 0 saturated heterocycles. The molecule has 6 heteroatoms. The smallest absolute Gasteiger partial charge is 0.0965 e. The van der Waals surface area contributed by atoms with Crippen molar-refractivity contribution < 1.29 is 0 Å². The first-order valence-electron chi connectivity index (χ1n) is 6.61. The summed E-state index contributed by atoms with van der Waals surface area (Å²) in [6, 6.07) is 0. The molecule has 2 heterocycles. The Morgan fingerprint density at radius 3 is 2.79 bits per heavy atom. The van der Waals surface area contributed by atoms with Crippen molar-refractivity contribution in [2.75, 3.05) is 0 Å². The maximum Gasteiger partial charge on any atom is 0.0965 e. The molecule has 1 N–H and O–H groups in total. The van der Waals surface area contributed by atoms with E-state index >= 15 is 0 Å². The van der Waals surface area contributed by atoms with Crippen molar-refractivity contribution in [3.05, 3.63) is 30.1 Å². The van der Waals surface area contributed by atoms with Crippen molar-refractivity contribution in [2.45, 2.75) is 52.9 Å². The van der Waals surface area contributed by atoms with E-state index in [2.05, 4.69) is 52.9 Å². The zero-order valence-corrected chi connectivity index (χ0v) is 12.1. The van der Waals surface area contributed by atoms with E-state index in [1.54, 1.807) is 0 Å². The maximum atomic E-state index is 4.18. The second-order valence-electron chi connectivity index (χ2n) is 5.68. The fraction of sp³-hybridized carbons (Fsp3) is 0.615. The number of nitrogens with one attached hydrogen (secondary N) is 1. The monoisotopic (exact) mass is 262 g/mol. The van der Waals surface area contributed by atoms with E-state index in [0.717, 1.165) is 24.5 Å². The topological polar surface area (TPSA) is 60.6 Å². The molecule has 0 radical (unpaired) electrons. The van der Waals surface area contributed by atoms with Gasteiger partial charge in [0.15, 0.2) is 0 Å². The van der Waals surface area contributed by atoms with Crippen LogP contribution in [0.25, 0.3) is 0 Å². The number of rotatable bonds is 5. The molecule has 19 heavy (non-hydrogen) atoms. The van der Waals surface area contributed by atoms with Crippen molar-refractivity contribution in [1.82, 2.24) is 29.9 Å². The number of nitrogens with zero attached hydrogens (tertiary/aromatic N) is 5. The first-order chi connectivity index (χ1) is 8.98. The molecular weight excluding hydrogens is 240 g/mol. The molecule has 104 valence electrons. The van der Waals surface area contributed by atoms with Gasteiger partial charge in [-0.05, 0) is 27.7 Å². The van der Waals surface area contributed by atoms with Crippen LogP contribution in [0.5, 0.6) is 0 Å². The molecule has 0 aliphatic rings. The van der Waals surface area contributed by atoms with Gasteiger partial charge in [0, 0.05) is 18.6 Å². The zero-order valence-electron chi connectivity index (χ0n) is 12.1. The summed E-state index contributed by atoms with van der Waals surface area (Å²) in [4.78, 5) is 4.15. The Morgan fingerprint density at radius 1 is 1.32 bits per heavy atom. The summed E-state index contributed by atoms with van der Waals surface area (Å²) in [6.45, 7) is 10.9. The van der Waals surface area contributed by atoms with Crippen LogP contribution < -0.4 is 5.32 Å². The first kappa shape index (κ1) is 13.7. The Morgan fingerprint density at radius 2 is 2.11 bits per heavy atom. The van der Waals surface area contributed by atoms with Gasteiger partial charge in [-0.3, -0.25) is 0 Å². The van der Waals surface area contributed by atoms with E-state index in [9.17, 15) is 0 Å². The molecule has 2 aromatic heterocycles. The third-order valence-corrected chi connectivity index (χ3v) is 2.85. The molecule has 2 aromatic rings. The Bertz CT molecular complexity index is 519. The zero-order chi connectivity index (χ0) is 13.9. The van der Waals surface area contributed by atoms with E-state index in [1.807, 2.05) is 23.4 Å². The predicted octanol–water partition coefficient (Wildman–Crippen LogP) is 1.43. The van der Waals surface area contributed by atoms with Crippen LogP contribution in [-0.4, -0.2) is 30.1 Å². The second-order valence-corrected chi connectivity index (χ2v) is 5.68.